The molecule has 3 rings (SSSR count). The van der Waals surface area contributed by atoms with Crippen molar-refractivity contribution in [3.05, 3.63) is 29.8 Å². The maximum absolute atomic E-state index is 12.6. The lowest BCUT2D eigenvalue weighted by Gasteiger charge is -2.49. The average molecular weight is 314 g/mol. The van der Waals surface area contributed by atoms with Gasteiger partial charge in [-0.1, -0.05) is 30.5 Å². The van der Waals surface area contributed by atoms with Crippen molar-refractivity contribution in [1.82, 2.24) is 4.90 Å². The number of benzene rings is 1. The number of hydrogen-bond acceptors (Lipinski definition) is 2. The lowest BCUT2D eigenvalue weighted by Crippen LogP contribution is -2.66. The normalized spacial score (nSPS) is 24.3. The van der Waals surface area contributed by atoms with E-state index in [0.29, 0.717) is 18.9 Å². The summed E-state index contributed by atoms with van der Waals surface area (Å²) < 4.78 is 0. The van der Waals surface area contributed by atoms with E-state index >= 15 is 0 Å². The lowest BCUT2D eigenvalue weighted by molar-refractivity contribution is -0.155. The Morgan fingerprint density at radius 3 is 2.43 bits per heavy atom. The summed E-state index contributed by atoms with van der Waals surface area (Å²) >= 11 is 0. The first-order valence-electron chi connectivity index (χ1n) is 8.67. The molecule has 1 heterocycles. The minimum absolute atomic E-state index is 0.0765. The van der Waals surface area contributed by atoms with Gasteiger partial charge >= 0.3 is 0 Å². The molecule has 23 heavy (non-hydrogen) atoms. The Morgan fingerprint density at radius 2 is 1.87 bits per heavy atom. The van der Waals surface area contributed by atoms with Crippen LogP contribution in [0, 0.1) is 12.8 Å². The van der Waals surface area contributed by atoms with E-state index in [1.165, 1.54) is 12.8 Å². The highest BCUT2D eigenvalue weighted by molar-refractivity contribution is 6.01. The third-order valence-corrected chi connectivity index (χ3v) is 5.46. The average Bonchev–Trinajstić information content (AvgIpc) is 3.00. The minimum Gasteiger partial charge on any atom is -0.328 e. The molecule has 1 N–H and O–H groups in total. The highest BCUT2D eigenvalue weighted by Crippen LogP contribution is 2.35. The van der Waals surface area contributed by atoms with Gasteiger partial charge in [0.15, 0.2) is 0 Å². The molecule has 1 aliphatic heterocycles. The number of nitrogens with zero attached hydrogens (tertiary/aromatic N) is 1. The summed E-state index contributed by atoms with van der Waals surface area (Å²) in [7, 11) is 0. The molecule has 1 aliphatic carbocycles. The molecule has 2 amide bonds. The predicted molar refractivity (Wildman–Crippen MR) is 91.1 cm³/mol. The molecule has 4 nitrogen and oxygen atoms in total. The zero-order chi connectivity index (χ0) is 16.4. The molecule has 0 spiro atoms. The van der Waals surface area contributed by atoms with Crippen LogP contribution in [0.25, 0.3) is 0 Å². The van der Waals surface area contributed by atoms with Crippen molar-refractivity contribution < 1.29 is 9.59 Å². The van der Waals surface area contributed by atoms with Crippen LogP contribution in [0.5, 0.6) is 0 Å². The summed E-state index contributed by atoms with van der Waals surface area (Å²) in [5, 5.41) is 2.96. The van der Waals surface area contributed by atoms with Gasteiger partial charge in [-0.3, -0.25) is 9.59 Å². The van der Waals surface area contributed by atoms with Gasteiger partial charge in [-0.25, -0.2) is 0 Å². The number of rotatable bonds is 4. The number of carbonyl (C=O) groups excluding carboxylic acids is 2. The van der Waals surface area contributed by atoms with Gasteiger partial charge in [0.2, 0.25) is 11.8 Å². The third-order valence-electron chi connectivity index (χ3n) is 5.46. The number of amides is 2. The minimum atomic E-state index is -0.694. The number of anilines is 1. The zero-order valence-electron chi connectivity index (χ0n) is 14.1. The van der Waals surface area contributed by atoms with Gasteiger partial charge in [-0.15, -0.1) is 0 Å². The van der Waals surface area contributed by atoms with Gasteiger partial charge < -0.3 is 10.2 Å². The Balaban J connectivity index is 1.62. The summed E-state index contributed by atoms with van der Waals surface area (Å²) in [5.41, 5.74) is 1.25. The van der Waals surface area contributed by atoms with Crippen LogP contribution in [0.3, 0.4) is 0 Å². The van der Waals surface area contributed by atoms with Gasteiger partial charge in [-0.05, 0) is 51.2 Å². The van der Waals surface area contributed by atoms with E-state index < -0.39 is 5.54 Å². The van der Waals surface area contributed by atoms with Crippen molar-refractivity contribution in [3.8, 4) is 0 Å². The predicted octanol–water partition coefficient (Wildman–Crippen LogP) is 3.50. The maximum atomic E-state index is 12.6. The maximum Gasteiger partial charge on any atom is 0.250 e. The number of aryl methyl sites for hydroxylation is 1. The lowest BCUT2D eigenvalue weighted by atomic mass is 9.84. The second kappa shape index (κ2) is 6.34. The first-order valence-corrected chi connectivity index (χ1v) is 8.67. The standard InChI is InChI=1S/C19H26N2O2/c1-14-7-9-16(10-8-14)20-18(23)19(2)11-12-21(19)17(22)13-15-5-3-4-6-15/h7-10,15H,3-6,11-13H2,1-2H3,(H,20,23). The summed E-state index contributed by atoms with van der Waals surface area (Å²) in [6, 6.07) is 7.75. The molecule has 4 heteroatoms. The number of hydrogen-bond donors (Lipinski definition) is 1. The van der Waals surface area contributed by atoms with E-state index in [1.807, 2.05) is 38.1 Å². The highest BCUT2D eigenvalue weighted by Gasteiger charge is 2.49. The van der Waals surface area contributed by atoms with Crippen molar-refractivity contribution >= 4 is 17.5 Å². The van der Waals surface area contributed by atoms with Crippen molar-refractivity contribution in [2.75, 3.05) is 11.9 Å². The van der Waals surface area contributed by atoms with E-state index in [9.17, 15) is 9.59 Å². The molecule has 1 atom stereocenters. The van der Waals surface area contributed by atoms with Crippen molar-refractivity contribution in [1.29, 1.82) is 0 Å². The van der Waals surface area contributed by atoms with E-state index in [0.717, 1.165) is 30.5 Å². The van der Waals surface area contributed by atoms with Gasteiger partial charge in [0, 0.05) is 18.7 Å². The Bertz CT molecular complexity index is 590. The van der Waals surface area contributed by atoms with Crippen LogP contribution in [0.4, 0.5) is 5.69 Å². The molecule has 1 aromatic rings. The molecular formula is C19H26N2O2. The fourth-order valence-electron chi connectivity index (χ4n) is 3.67. The Hall–Kier alpha value is -1.84. The van der Waals surface area contributed by atoms with Gasteiger partial charge in [0.25, 0.3) is 0 Å². The van der Waals surface area contributed by atoms with Crippen LogP contribution < -0.4 is 5.32 Å². The molecule has 2 aliphatic rings. The topological polar surface area (TPSA) is 49.4 Å². The second-order valence-electron chi connectivity index (χ2n) is 7.24. The SMILES string of the molecule is Cc1ccc(NC(=O)C2(C)CCN2C(=O)CC2CCCC2)cc1. The summed E-state index contributed by atoms with van der Waals surface area (Å²) in [6.07, 6.45) is 6.14. The van der Waals surface area contributed by atoms with Gasteiger partial charge in [0.1, 0.15) is 5.54 Å². The molecule has 1 saturated heterocycles. The first kappa shape index (κ1) is 16.0. The molecule has 1 aromatic carbocycles. The largest absolute Gasteiger partial charge is 0.328 e. The number of likely N-dealkylation sites (tertiary alicyclic amines) is 1. The Labute approximate surface area is 138 Å². The zero-order valence-corrected chi connectivity index (χ0v) is 14.1. The van der Waals surface area contributed by atoms with Gasteiger partial charge in [0.05, 0.1) is 0 Å². The Morgan fingerprint density at radius 1 is 1.22 bits per heavy atom. The molecule has 0 aromatic heterocycles. The fraction of sp³-hybridized carbons (Fsp3) is 0.579. The van der Waals surface area contributed by atoms with E-state index in [-0.39, 0.29) is 11.8 Å². The quantitative estimate of drug-likeness (QED) is 0.924. The van der Waals surface area contributed by atoms with Crippen LogP contribution >= 0.6 is 0 Å². The van der Waals surface area contributed by atoms with E-state index in [1.54, 1.807) is 4.90 Å². The van der Waals surface area contributed by atoms with Crippen LogP contribution in [0.1, 0.15) is 51.0 Å². The molecule has 0 bridgehead atoms. The summed E-state index contributed by atoms with van der Waals surface area (Å²) in [4.78, 5) is 27.0. The number of carbonyl (C=O) groups is 2. The molecule has 124 valence electrons. The van der Waals surface area contributed by atoms with Crippen molar-refractivity contribution in [3.63, 3.8) is 0 Å². The molecule has 1 saturated carbocycles. The van der Waals surface area contributed by atoms with Crippen molar-refractivity contribution in [2.45, 2.75) is 57.9 Å². The molecular weight excluding hydrogens is 288 g/mol. The fourth-order valence-corrected chi connectivity index (χ4v) is 3.67. The van der Waals surface area contributed by atoms with Crippen LogP contribution in [-0.4, -0.2) is 28.8 Å². The highest BCUT2D eigenvalue weighted by atomic mass is 16.2. The summed E-state index contributed by atoms with van der Waals surface area (Å²) in [5.74, 6) is 0.588. The van der Waals surface area contributed by atoms with Gasteiger partial charge in [-0.2, -0.15) is 0 Å². The first-order chi connectivity index (χ1) is 11.0. The number of nitrogens with one attached hydrogen (secondary N) is 1. The monoisotopic (exact) mass is 314 g/mol. The van der Waals surface area contributed by atoms with Crippen LogP contribution in [0.15, 0.2) is 24.3 Å². The molecule has 1 unspecified atom stereocenters. The molecule has 2 fully saturated rings. The van der Waals surface area contributed by atoms with E-state index in [2.05, 4.69) is 5.32 Å². The van der Waals surface area contributed by atoms with Crippen LogP contribution in [-0.2, 0) is 9.59 Å². The van der Waals surface area contributed by atoms with E-state index in [4.69, 9.17) is 0 Å². The van der Waals surface area contributed by atoms with Crippen LogP contribution in [0.2, 0.25) is 0 Å². The third kappa shape index (κ3) is 3.26. The van der Waals surface area contributed by atoms with Crippen molar-refractivity contribution in [2.24, 2.45) is 5.92 Å². The smallest absolute Gasteiger partial charge is 0.250 e. The second-order valence-corrected chi connectivity index (χ2v) is 7.24. The summed E-state index contributed by atoms with van der Waals surface area (Å²) in [6.45, 7) is 4.60. The Kier molecular flexibility index (Phi) is 4.42. The molecule has 0 radical (unpaired) electrons.